The number of carboxylic acids is 1. The van der Waals surface area contributed by atoms with E-state index in [2.05, 4.69) is 9.97 Å². The highest BCUT2D eigenvalue weighted by Crippen LogP contribution is 2.38. The van der Waals surface area contributed by atoms with E-state index >= 15 is 0 Å². The van der Waals surface area contributed by atoms with E-state index in [4.69, 9.17) is 22.4 Å². The minimum absolute atomic E-state index is 0.145. The minimum atomic E-state index is -1.61. The monoisotopic (exact) mass is 364 g/mol. The molecule has 2 heterocycles. The molecule has 4 N–H and O–H groups in total. The van der Waals surface area contributed by atoms with Crippen LogP contribution in [0.3, 0.4) is 0 Å². The predicted molar refractivity (Wildman–Crippen MR) is 89.7 cm³/mol. The molecule has 2 aromatic heterocycles. The molecule has 9 heteroatoms. The molecule has 0 aliphatic carbocycles. The van der Waals surface area contributed by atoms with E-state index in [1.54, 1.807) is 24.4 Å². The fourth-order valence-corrected chi connectivity index (χ4v) is 3.09. The van der Waals surface area contributed by atoms with Crippen molar-refractivity contribution in [2.75, 3.05) is 5.73 Å². The van der Waals surface area contributed by atoms with Crippen molar-refractivity contribution in [3.8, 4) is 5.75 Å². The molecular weight excluding hydrogens is 351 g/mol. The number of aromatic carboxylic acids is 1. The first-order valence-corrected chi connectivity index (χ1v) is 7.65. The molecule has 0 saturated carbocycles. The summed E-state index contributed by atoms with van der Waals surface area (Å²) < 4.78 is 15.6. The zero-order valence-electron chi connectivity index (χ0n) is 13.3. The number of hydrogen-bond acceptors (Lipinski definition) is 5. The Balaban J connectivity index is 2.26. The number of halogens is 2. The molecule has 0 radical (unpaired) electrons. The zero-order valence-corrected chi connectivity index (χ0v) is 14.0. The molecule has 0 bridgehead atoms. The maximum atomic E-state index is 14.0. The number of imidazole rings is 1. The standard InChI is InChI=1S/C16H14ClFN4O3/c1-6(8-5-9(17)11(18)10(13(8)23)16(24)25)15-21-7(2)12-14(19)20-3-4-22(12)15/h3-6,23H,1-2H3,(H2,19,20)(H,24,25)/t6-/m0/s1. The number of carbonyl (C=O) groups is 1. The fourth-order valence-electron chi connectivity index (χ4n) is 2.87. The molecular formula is C16H14ClFN4O3. The quantitative estimate of drug-likeness (QED) is 0.658. The van der Waals surface area contributed by atoms with Crippen molar-refractivity contribution in [1.82, 2.24) is 14.4 Å². The van der Waals surface area contributed by atoms with Crippen LogP contribution in [0.15, 0.2) is 18.5 Å². The van der Waals surface area contributed by atoms with E-state index in [1.807, 2.05) is 0 Å². The second-order valence-electron chi connectivity index (χ2n) is 5.60. The SMILES string of the molecule is Cc1nc([C@@H](C)c2cc(Cl)c(F)c(C(=O)O)c2O)n2ccnc(N)c12. The van der Waals surface area contributed by atoms with Gasteiger partial charge >= 0.3 is 5.97 Å². The Morgan fingerprint density at radius 2 is 2.16 bits per heavy atom. The van der Waals surface area contributed by atoms with E-state index in [0.717, 1.165) is 0 Å². The molecule has 0 spiro atoms. The first kappa shape index (κ1) is 17.0. The molecule has 3 aromatic rings. The number of nitrogen functional groups attached to an aromatic ring is 1. The average molecular weight is 365 g/mol. The third-order valence-corrected chi connectivity index (χ3v) is 4.35. The largest absolute Gasteiger partial charge is 0.507 e. The van der Waals surface area contributed by atoms with Crippen molar-refractivity contribution in [3.05, 3.63) is 51.9 Å². The molecule has 130 valence electrons. The van der Waals surface area contributed by atoms with E-state index < -0.39 is 34.0 Å². The number of anilines is 1. The van der Waals surface area contributed by atoms with Gasteiger partial charge in [0.05, 0.1) is 10.7 Å². The summed E-state index contributed by atoms with van der Waals surface area (Å²) in [4.78, 5) is 19.7. The van der Waals surface area contributed by atoms with Gasteiger partial charge in [-0.3, -0.25) is 4.40 Å². The summed E-state index contributed by atoms with van der Waals surface area (Å²) >= 11 is 5.81. The number of rotatable bonds is 3. The minimum Gasteiger partial charge on any atom is -0.507 e. The highest BCUT2D eigenvalue weighted by molar-refractivity contribution is 6.31. The van der Waals surface area contributed by atoms with Crippen LogP contribution in [0.2, 0.25) is 5.02 Å². The molecule has 0 amide bonds. The molecule has 0 aliphatic heterocycles. The normalized spacial score (nSPS) is 12.5. The van der Waals surface area contributed by atoms with Crippen molar-refractivity contribution < 1.29 is 19.4 Å². The second-order valence-corrected chi connectivity index (χ2v) is 6.01. The molecule has 3 rings (SSSR count). The van der Waals surface area contributed by atoms with Crippen molar-refractivity contribution in [2.24, 2.45) is 0 Å². The van der Waals surface area contributed by atoms with Gasteiger partial charge in [0.1, 0.15) is 28.5 Å². The molecule has 0 unspecified atom stereocenters. The first-order chi connectivity index (χ1) is 11.7. The van der Waals surface area contributed by atoms with Gasteiger partial charge in [0.2, 0.25) is 0 Å². The Morgan fingerprint density at radius 1 is 1.48 bits per heavy atom. The van der Waals surface area contributed by atoms with Crippen LogP contribution >= 0.6 is 11.6 Å². The van der Waals surface area contributed by atoms with Gasteiger partial charge in [-0.05, 0) is 13.0 Å². The smallest absolute Gasteiger partial charge is 0.342 e. The number of phenols is 1. The van der Waals surface area contributed by atoms with Gasteiger partial charge in [0.25, 0.3) is 0 Å². The van der Waals surface area contributed by atoms with Crippen LogP contribution in [0, 0.1) is 12.7 Å². The first-order valence-electron chi connectivity index (χ1n) is 7.27. The van der Waals surface area contributed by atoms with Gasteiger partial charge in [-0.1, -0.05) is 18.5 Å². The number of nitrogens with zero attached hydrogens (tertiary/aromatic N) is 3. The Bertz CT molecular complexity index is 1020. The zero-order chi connectivity index (χ0) is 18.5. The lowest BCUT2D eigenvalue weighted by Gasteiger charge is -2.16. The fraction of sp³-hybridized carbons (Fsp3) is 0.188. The lowest BCUT2D eigenvalue weighted by molar-refractivity contribution is 0.0688. The Hall–Kier alpha value is -2.87. The maximum absolute atomic E-state index is 14.0. The number of aryl methyl sites for hydroxylation is 1. The predicted octanol–water partition coefficient (Wildman–Crippen LogP) is 2.97. The number of nitrogens with two attached hydrogens (primary N) is 1. The van der Waals surface area contributed by atoms with Gasteiger partial charge in [-0.25, -0.2) is 19.2 Å². The highest BCUT2D eigenvalue weighted by atomic mass is 35.5. The number of aromatic nitrogens is 3. The highest BCUT2D eigenvalue weighted by Gasteiger charge is 2.27. The Labute approximate surface area is 146 Å². The molecule has 0 saturated heterocycles. The van der Waals surface area contributed by atoms with Crippen LogP contribution in [0.25, 0.3) is 5.52 Å². The lowest BCUT2D eigenvalue weighted by Crippen LogP contribution is -2.08. The van der Waals surface area contributed by atoms with E-state index in [1.165, 1.54) is 12.3 Å². The van der Waals surface area contributed by atoms with Crippen LogP contribution < -0.4 is 5.73 Å². The Morgan fingerprint density at radius 3 is 2.80 bits per heavy atom. The number of aromatic hydroxyl groups is 1. The summed E-state index contributed by atoms with van der Waals surface area (Å²) in [5.74, 6) is -3.28. The van der Waals surface area contributed by atoms with Crippen LogP contribution in [-0.4, -0.2) is 30.6 Å². The summed E-state index contributed by atoms with van der Waals surface area (Å²) in [6, 6.07) is 1.20. The van der Waals surface area contributed by atoms with Gasteiger partial charge in [-0.2, -0.15) is 0 Å². The van der Waals surface area contributed by atoms with Crippen molar-refractivity contribution in [2.45, 2.75) is 19.8 Å². The topological polar surface area (TPSA) is 114 Å². The Kier molecular flexibility index (Phi) is 4.00. The summed E-state index contributed by atoms with van der Waals surface area (Å²) in [6.07, 6.45) is 3.15. The summed E-state index contributed by atoms with van der Waals surface area (Å²) in [5.41, 5.74) is 6.38. The lowest BCUT2D eigenvalue weighted by atomic mass is 9.96. The molecule has 0 fully saturated rings. The van der Waals surface area contributed by atoms with Gasteiger partial charge < -0.3 is 15.9 Å². The molecule has 0 aliphatic rings. The van der Waals surface area contributed by atoms with Crippen molar-refractivity contribution in [3.63, 3.8) is 0 Å². The maximum Gasteiger partial charge on any atom is 0.342 e. The number of carboxylic acid groups (broad SMARTS) is 1. The molecule has 1 atom stereocenters. The van der Waals surface area contributed by atoms with Gasteiger partial charge in [-0.15, -0.1) is 0 Å². The summed E-state index contributed by atoms with van der Waals surface area (Å²) in [6.45, 7) is 3.45. The third-order valence-electron chi connectivity index (χ3n) is 4.07. The van der Waals surface area contributed by atoms with Crippen LogP contribution in [-0.2, 0) is 0 Å². The van der Waals surface area contributed by atoms with Gasteiger partial charge in [0.15, 0.2) is 5.82 Å². The van der Waals surface area contributed by atoms with E-state index in [9.17, 15) is 14.3 Å². The number of fused-ring (bicyclic) bond motifs is 1. The summed E-state index contributed by atoms with van der Waals surface area (Å²) in [5, 5.41) is 19.0. The van der Waals surface area contributed by atoms with Crippen LogP contribution in [0.4, 0.5) is 10.2 Å². The molecule has 1 aromatic carbocycles. The van der Waals surface area contributed by atoms with E-state index in [0.29, 0.717) is 22.9 Å². The van der Waals surface area contributed by atoms with E-state index in [-0.39, 0.29) is 5.56 Å². The van der Waals surface area contributed by atoms with Gasteiger partial charge in [0, 0.05) is 23.9 Å². The van der Waals surface area contributed by atoms with Crippen LogP contribution in [0.1, 0.15) is 40.3 Å². The van der Waals surface area contributed by atoms with Crippen molar-refractivity contribution in [1.29, 1.82) is 0 Å². The van der Waals surface area contributed by atoms with Crippen molar-refractivity contribution >= 4 is 28.9 Å². The number of hydrogen-bond donors (Lipinski definition) is 3. The molecule has 25 heavy (non-hydrogen) atoms. The second kappa shape index (κ2) is 5.89. The molecule has 7 nitrogen and oxygen atoms in total. The average Bonchev–Trinajstić information content (AvgIpc) is 2.88. The van der Waals surface area contributed by atoms with Crippen LogP contribution in [0.5, 0.6) is 5.75 Å². The summed E-state index contributed by atoms with van der Waals surface area (Å²) in [7, 11) is 0. The number of benzene rings is 1. The third kappa shape index (κ3) is 2.54.